The molecule has 95 valence electrons. The summed E-state index contributed by atoms with van der Waals surface area (Å²) in [5, 5.41) is 0. The van der Waals surface area contributed by atoms with Crippen molar-refractivity contribution in [2.24, 2.45) is 0 Å². The quantitative estimate of drug-likeness (QED) is 0.674. The predicted octanol–water partition coefficient (Wildman–Crippen LogP) is 2.83. The lowest BCUT2D eigenvalue weighted by molar-refractivity contribution is 0.310. The topological polar surface area (TPSA) is 6.48 Å². The number of allylic oxidation sites excluding steroid dienone is 3. The van der Waals surface area contributed by atoms with Crippen molar-refractivity contribution in [2.45, 2.75) is 39.0 Å². The molecule has 0 aliphatic carbocycles. The Balaban J connectivity index is 1.94. The molecule has 0 amide bonds. The molecule has 2 fully saturated rings. The number of hydrogen-bond acceptors (Lipinski definition) is 2. The third-order valence-electron chi connectivity index (χ3n) is 3.66. The van der Waals surface area contributed by atoms with Gasteiger partial charge in [0.15, 0.2) is 0 Å². The second-order valence-corrected chi connectivity index (χ2v) is 5.08. The summed E-state index contributed by atoms with van der Waals surface area (Å²) in [6.45, 7) is 8.29. The fourth-order valence-electron chi connectivity index (χ4n) is 2.65. The van der Waals surface area contributed by atoms with Gasteiger partial charge in [0.05, 0.1) is 0 Å². The summed E-state index contributed by atoms with van der Waals surface area (Å²) in [7, 11) is 0. The minimum Gasteiger partial charge on any atom is -0.373 e. The van der Waals surface area contributed by atoms with E-state index in [0.717, 1.165) is 13.0 Å². The zero-order valence-corrected chi connectivity index (χ0v) is 11.1. The molecule has 0 aromatic carbocycles. The molecular formula is C15H25N2. The van der Waals surface area contributed by atoms with E-state index in [2.05, 4.69) is 35.0 Å². The van der Waals surface area contributed by atoms with Crippen LogP contribution in [-0.2, 0) is 0 Å². The predicted molar refractivity (Wildman–Crippen MR) is 72.7 cm³/mol. The first-order chi connectivity index (χ1) is 8.40. The molecular weight excluding hydrogens is 208 g/mol. The Hall–Kier alpha value is -0.760. The highest BCUT2D eigenvalue weighted by atomic mass is 15.2. The van der Waals surface area contributed by atoms with Crippen LogP contribution in [0.15, 0.2) is 17.8 Å². The Morgan fingerprint density at radius 3 is 2.35 bits per heavy atom. The van der Waals surface area contributed by atoms with Gasteiger partial charge in [0.25, 0.3) is 0 Å². The van der Waals surface area contributed by atoms with Crippen LogP contribution in [0.1, 0.15) is 39.0 Å². The minimum absolute atomic E-state index is 1.10. The maximum absolute atomic E-state index is 3.51. The van der Waals surface area contributed by atoms with Crippen LogP contribution in [0.3, 0.4) is 0 Å². The molecule has 17 heavy (non-hydrogen) atoms. The highest BCUT2D eigenvalue weighted by molar-refractivity contribution is 5.09. The molecule has 2 aliphatic heterocycles. The van der Waals surface area contributed by atoms with Crippen LogP contribution in [0.25, 0.3) is 0 Å². The smallest absolute Gasteiger partial charge is 0.0390 e. The molecule has 2 aliphatic rings. The minimum atomic E-state index is 1.10. The molecule has 0 unspecified atom stereocenters. The van der Waals surface area contributed by atoms with Crippen molar-refractivity contribution in [2.75, 3.05) is 32.7 Å². The van der Waals surface area contributed by atoms with Gasteiger partial charge in [-0.3, -0.25) is 4.90 Å². The van der Waals surface area contributed by atoms with E-state index in [9.17, 15) is 0 Å². The molecule has 0 N–H and O–H groups in total. The molecule has 0 bridgehead atoms. The first-order valence-corrected chi connectivity index (χ1v) is 7.15. The Bertz CT molecular complexity index is 269. The first kappa shape index (κ1) is 12.7. The van der Waals surface area contributed by atoms with Gasteiger partial charge in [-0.25, -0.2) is 0 Å². The summed E-state index contributed by atoms with van der Waals surface area (Å²) >= 11 is 0. The van der Waals surface area contributed by atoms with Crippen molar-refractivity contribution < 1.29 is 0 Å². The third-order valence-corrected chi connectivity index (χ3v) is 3.66. The average Bonchev–Trinajstić information content (AvgIpc) is 3.01. The van der Waals surface area contributed by atoms with Crippen molar-refractivity contribution >= 4 is 0 Å². The molecule has 2 heterocycles. The van der Waals surface area contributed by atoms with Crippen LogP contribution < -0.4 is 0 Å². The van der Waals surface area contributed by atoms with Gasteiger partial charge in [-0.15, -0.1) is 0 Å². The summed E-state index contributed by atoms with van der Waals surface area (Å²) < 4.78 is 0. The average molecular weight is 233 g/mol. The maximum atomic E-state index is 3.51. The van der Waals surface area contributed by atoms with Gasteiger partial charge in [0.2, 0.25) is 0 Å². The molecule has 2 heteroatoms. The molecule has 0 aromatic heterocycles. The number of rotatable bonds is 5. The van der Waals surface area contributed by atoms with Crippen LogP contribution in [0.4, 0.5) is 0 Å². The molecule has 0 atom stereocenters. The van der Waals surface area contributed by atoms with Crippen molar-refractivity contribution in [1.29, 1.82) is 0 Å². The number of hydrogen-bond donors (Lipinski definition) is 0. The fraction of sp³-hybridized carbons (Fsp3) is 0.733. The summed E-state index contributed by atoms with van der Waals surface area (Å²) in [5.41, 5.74) is 1.41. The summed E-state index contributed by atoms with van der Waals surface area (Å²) in [4.78, 5) is 5.10. The largest absolute Gasteiger partial charge is 0.373 e. The number of nitrogens with zero attached hydrogens (tertiary/aromatic N) is 2. The van der Waals surface area contributed by atoms with E-state index >= 15 is 0 Å². The van der Waals surface area contributed by atoms with Gasteiger partial charge in [-0.2, -0.15) is 0 Å². The van der Waals surface area contributed by atoms with Gasteiger partial charge in [-0.1, -0.05) is 19.1 Å². The molecule has 0 spiro atoms. The highest BCUT2D eigenvalue weighted by Crippen LogP contribution is 2.17. The van der Waals surface area contributed by atoms with E-state index in [1.807, 2.05) is 0 Å². The van der Waals surface area contributed by atoms with E-state index in [1.54, 1.807) is 0 Å². The fourth-order valence-corrected chi connectivity index (χ4v) is 2.65. The lowest BCUT2D eigenvalue weighted by Crippen LogP contribution is -2.30. The normalized spacial score (nSPS) is 23.1. The van der Waals surface area contributed by atoms with E-state index in [1.165, 1.54) is 57.6 Å². The van der Waals surface area contributed by atoms with E-state index in [0.29, 0.717) is 0 Å². The third kappa shape index (κ3) is 3.88. The summed E-state index contributed by atoms with van der Waals surface area (Å²) in [6.07, 6.45) is 14.4. The number of likely N-dealkylation sites (tertiary alicyclic amines) is 2. The second kappa shape index (κ2) is 6.85. The van der Waals surface area contributed by atoms with Crippen molar-refractivity contribution in [3.05, 3.63) is 23.9 Å². The van der Waals surface area contributed by atoms with Crippen LogP contribution in [0.2, 0.25) is 0 Å². The lowest BCUT2D eigenvalue weighted by Gasteiger charge is -2.25. The first-order valence-electron chi connectivity index (χ1n) is 7.15. The maximum Gasteiger partial charge on any atom is 0.0390 e. The SMILES string of the molecule is CCC=C/[C]=C(/CN1CCCC1)N1CCCC1. The Morgan fingerprint density at radius 1 is 1.06 bits per heavy atom. The van der Waals surface area contributed by atoms with Gasteiger partial charge < -0.3 is 4.90 Å². The van der Waals surface area contributed by atoms with Crippen LogP contribution in [-0.4, -0.2) is 42.5 Å². The van der Waals surface area contributed by atoms with Gasteiger partial charge in [0, 0.05) is 31.4 Å². The van der Waals surface area contributed by atoms with Crippen molar-refractivity contribution in [1.82, 2.24) is 9.80 Å². The Kier molecular flexibility index (Phi) is 5.11. The zero-order chi connectivity index (χ0) is 11.9. The van der Waals surface area contributed by atoms with Crippen molar-refractivity contribution in [3.63, 3.8) is 0 Å². The van der Waals surface area contributed by atoms with Gasteiger partial charge in [0.1, 0.15) is 0 Å². The molecule has 0 aromatic rings. The molecule has 2 nitrogen and oxygen atoms in total. The summed E-state index contributed by atoms with van der Waals surface area (Å²) in [5.74, 6) is 0. The molecule has 1 radical (unpaired) electrons. The standard InChI is InChI=1S/C15H25N2/c1-2-3-4-9-15(17-12-7-8-13-17)14-16-10-5-6-11-16/h3-4H,2,5-8,10-14H2,1H3. The van der Waals surface area contributed by atoms with Gasteiger partial charge >= 0.3 is 0 Å². The van der Waals surface area contributed by atoms with Crippen LogP contribution >= 0.6 is 0 Å². The Morgan fingerprint density at radius 2 is 1.71 bits per heavy atom. The Labute approximate surface area is 106 Å². The molecule has 2 rings (SSSR count). The van der Waals surface area contributed by atoms with Crippen LogP contribution in [0.5, 0.6) is 0 Å². The highest BCUT2D eigenvalue weighted by Gasteiger charge is 2.19. The monoisotopic (exact) mass is 233 g/mol. The molecule has 2 saturated heterocycles. The molecule has 0 saturated carbocycles. The zero-order valence-electron chi connectivity index (χ0n) is 11.1. The second-order valence-electron chi connectivity index (χ2n) is 5.08. The van der Waals surface area contributed by atoms with E-state index in [4.69, 9.17) is 0 Å². The lowest BCUT2D eigenvalue weighted by atomic mass is 10.3. The van der Waals surface area contributed by atoms with Gasteiger partial charge in [-0.05, 0) is 45.2 Å². The van der Waals surface area contributed by atoms with E-state index in [-0.39, 0.29) is 0 Å². The van der Waals surface area contributed by atoms with Crippen LogP contribution in [0, 0.1) is 6.08 Å². The van der Waals surface area contributed by atoms with Crippen molar-refractivity contribution in [3.8, 4) is 0 Å². The van der Waals surface area contributed by atoms with E-state index < -0.39 is 0 Å². The summed E-state index contributed by atoms with van der Waals surface area (Å²) in [6, 6.07) is 0.